The van der Waals surface area contributed by atoms with E-state index in [2.05, 4.69) is 26.3 Å². The highest BCUT2D eigenvalue weighted by Gasteiger charge is 2.30. The molecule has 3 rings (SSSR count). The number of anilines is 2. The fourth-order valence-corrected chi connectivity index (χ4v) is 3.33. The third-order valence-electron chi connectivity index (χ3n) is 3.95. The Balaban J connectivity index is 2.05. The van der Waals surface area contributed by atoms with E-state index in [4.69, 9.17) is 16.3 Å². The van der Waals surface area contributed by atoms with Crippen LogP contribution < -0.4 is 15.4 Å². The van der Waals surface area contributed by atoms with Crippen molar-refractivity contribution in [3.63, 3.8) is 0 Å². The maximum atomic E-state index is 15.2. The Morgan fingerprint density at radius 2 is 1.79 bits per heavy atom. The number of aryl methyl sites for hydroxylation is 1. The van der Waals surface area contributed by atoms with Gasteiger partial charge < -0.3 is 15.4 Å². The summed E-state index contributed by atoms with van der Waals surface area (Å²) in [6, 6.07) is 5.03. The highest BCUT2D eigenvalue weighted by atomic mass is 79.9. The van der Waals surface area contributed by atoms with E-state index in [-0.39, 0.29) is 5.69 Å². The molecule has 2 aromatic carbocycles. The zero-order valence-electron chi connectivity index (χ0n) is 15.0. The van der Waals surface area contributed by atoms with Gasteiger partial charge in [-0.1, -0.05) is 11.6 Å². The molecule has 0 saturated carbocycles. The Hall–Kier alpha value is -2.72. The van der Waals surface area contributed by atoms with E-state index in [0.717, 1.165) is 7.11 Å². The molecule has 11 heteroatoms. The molecule has 2 N–H and O–H groups in total. The van der Waals surface area contributed by atoms with Crippen LogP contribution in [-0.2, 0) is 7.05 Å². The Bertz CT molecular complexity index is 1070. The zero-order chi connectivity index (χ0) is 21.3. The van der Waals surface area contributed by atoms with Crippen LogP contribution in [0.4, 0.5) is 29.3 Å². The number of hydrogen-bond donors (Lipinski definition) is 2. The first-order valence-electron chi connectivity index (χ1n) is 8.00. The maximum Gasteiger partial charge on any atom is 0.323 e. The normalized spacial score (nSPS) is 10.7. The molecule has 0 atom stereocenters. The molecule has 2 amide bonds. The number of ether oxygens (including phenoxy) is 1. The molecule has 0 bridgehead atoms. The minimum absolute atomic E-state index is 0.0967. The second-order valence-corrected chi connectivity index (χ2v) is 7.07. The molecular formula is C18H13BrClF3N4O2. The molecule has 152 valence electrons. The van der Waals surface area contributed by atoms with Crippen LogP contribution in [0.3, 0.4) is 0 Å². The summed E-state index contributed by atoms with van der Waals surface area (Å²) in [5.74, 6) is -4.95. The van der Waals surface area contributed by atoms with Gasteiger partial charge in [-0.2, -0.15) is 9.49 Å². The first-order valence-corrected chi connectivity index (χ1v) is 9.17. The minimum Gasteiger partial charge on any atom is -0.493 e. The Kier molecular flexibility index (Phi) is 6.04. The van der Waals surface area contributed by atoms with Crippen LogP contribution in [0, 0.1) is 17.5 Å². The molecule has 6 nitrogen and oxygen atoms in total. The maximum absolute atomic E-state index is 15.2. The summed E-state index contributed by atoms with van der Waals surface area (Å²) < 4.78 is 50.8. The van der Waals surface area contributed by atoms with Gasteiger partial charge in [-0.25, -0.2) is 13.6 Å². The number of carbonyl (C=O) groups excluding carboxylic acids is 1. The number of rotatable bonds is 4. The average Bonchev–Trinajstić information content (AvgIpc) is 3.01. The summed E-state index contributed by atoms with van der Waals surface area (Å²) in [6.07, 6.45) is 1.36. The largest absolute Gasteiger partial charge is 0.493 e. The van der Waals surface area contributed by atoms with Crippen molar-refractivity contribution < 1.29 is 22.7 Å². The Morgan fingerprint density at radius 3 is 2.34 bits per heavy atom. The number of benzene rings is 2. The molecule has 3 aromatic rings. The fraction of sp³-hybridized carbons (Fsp3) is 0.111. The summed E-state index contributed by atoms with van der Waals surface area (Å²) in [4.78, 5) is 12.2. The molecule has 1 aromatic heterocycles. The van der Waals surface area contributed by atoms with Crippen molar-refractivity contribution in [2.24, 2.45) is 7.05 Å². The monoisotopic (exact) mass is 488 g/mol. The zero-order valence-corrected chi connectivity index (χ0v) is 17.3. The quantitative estimate of drug-likeness (QED) is 0.471. The Morgan fingerprint density at radius 1 is 1.14 bits per heavy atom. The highest BCUT2D eigenvalue weighted by Crippen LogP contribution is 2.43. The number of carbonyl (C=O) groups is 1. The molecule has 0 aliphatic heterocycles. The van der Waals surface area contributed by atoms with Crippen molar-refractivity contribution in [2.45, 2.75) is 0 Å². The third-order valence-corrected chi connectivity index (χ3v) is 4.79. The fourth-order valence-electron chi connectivity index (χ4n) is 2.65. The molecule has 0 aliphatic carbocycles. The van der Waals surface area contributed by atoms with Crippen molar-refractivity contribution >= 4 is 44.9 Å². The molecule has 0 radical (unpaired) electrons. The molecule has 29 heavy (non-hydrogen) atoms. The number of nitrogens with one attached hydrogen (secondary N) is 2. The van der Waals surface area contributed by atoms with Gasteiger partial charge in [0.05, 0.1) is 29.0 Å². The lowest BCUT2D eigenvalue weighted by atomic mass is 10.1. The van der Waals surface area contributed by atoms with Crippen LogP contribution >= 0.6 is 27.5 Å². The van der Waals surface area contributed by atoms with E-state index in [1.807, 2.05) is 5.32 Å². The van der Waals surface area contributed by atoms with E-state index in [9.17, 15) is 13.6 Å². The topological polar surface area (TPSA) is 68.2 Å². The summed E-state index contributed by atoms with van der Waals surface area (Å²) >= 11 is 8.95. The molecule has 0 fully saturated rings. The number of amides is 2. The minimum atomic E-state index is -1.60. The number of nitrogens with zero attached hydrogens (tertiary/aromatic N) is 2. The highest BCUT2D eigenvalue weighted by molar-refractivity contribution is 9.10. The van der Waals surface area contributed by atoms with Crippen molar-refractivity contribution in [3.8, 4) is 17.0 Å². The van der Waals surface area contributed by atoms with Crippen LogP contribution in [0.1, 0.15) is 0 Å². The molecule has 0 spiro atoms. The first-order chi connectivity index (χ1) is 13.7. The number of urea groups is 1. The summed E-state index contributed by atoms with van der Waals surface area (Å²) in [5, 5.41) is 8.75. The number of hydrogen-bond acceptors (Lipinski definition) is 3. The van der Waals surface area contributed by atoms with Gasteiger partial charge in [-0.05, 0) is 40.2 Å². The van der Waals surface area contributed by atoms with Gasteiger partial charge in [-0.3, -0.25) is 4.68 Å². The van der Waals surface area contributed by atoms with Gasteiger partial charge in [0.2, 0.25) is 5.82 Å². The van der Waals surface area contributed by atoms with E-state index in [1.54, 1.807) is 0 Å². The lowest BCUT2D eigenvalue weighted by molar-refractivity contribution is 0.262. The summed E-state index contributed by atoms with van der Waals surface area (Å²) in [7, 11) is 2.56. The van der Waals surface area contributed by atoms with Gasteiger partial charge in [-0.15, -0.1) is 0 Å². The first kappa shape index (κ1) is 21.0. The molecule has 1 heterocycles. The predicted octanol–water partition coefficient (Wildman–Crippen LogP) is 5.57. The van der Waals surface area contributed by atoms with Crippen LogP contribution in [-0.4, -0.2) is 22.9 Å². The van der Waals surface area contributed by atoms with Crippen molar-refractivity contribution in [2.75, 3.05) is 17.7 Å². The SMILES string of the molecule is COc1c(F)c(F)c(NC(=O)Nc2ccc(Cl)cc2)c(F)c1-c1c(Br)cnn1C. The number of aromatic nitrogens is 2. The predicted molar refractivity (Wildman–Crippen MR) is 107 cm³/mol. The van der Waals surface area contributed by atoms with Gasteiger partial charge in [0, 0.05) is 17.8 Å². The second kappa shape index (κ2) is 8.34. The van der Waals surface area contributed by atoms with Gasteiger partial charge in [0.1, 0.15) is 5.69 Å². The molecule has 0 unspecified atom stereocenters. The lowest BCUT2D eigenvalue weighted by Gasteiger charge is -2.17. The number of methoxy groups -OCH3 is 1. The van der Waals surface area contributed by atoms with Crippen LogP contribution in [0.2, 0.25) is 5.02 Å². The summed E-state index contributed by atoms with van der Waals surface area (Å²) in [5.41, 5.74) is -0.964. The van der Waals surface area contributed by atoms with Crippen molar-refractivity contribution in [3.05, 3.63) is 57.4 Å². The van der Waals surface area contributed by atoms with E-state index < -0.39 is 40.5 Å². The lowest BCUT2D eigenvalue weighted by Crippen LogP contribution is -2.22. The molecular weight excluding hydrogens is 477 g/mol. The Labute approximate surface area is 176 Å². The van der Waals surface area contributed by atoms with Gasteiger partial charge in [0.25, 0.3) is 0 Å². The average molecular weight is 490 g/mol. The van der Waals surface area contributed by atoms with Gasteiger partial charge >= 0.3 is 6.03 Å². The molecule has 0 saturated heterocycles. The van der Waals surface area contributed by atoms with E-state index in [1.165, 1.54) is 42.2 Å². The smallest absolute Gasteiger partial charge is 0.323 e. The van der Waals surface area contributed by atoms with Crippen LogP contribution in [0.15, 0.2) is 34.9 Å². The molecule has 0 aliphatic rings. The van der Waals surface area contributed by atoms with Crippen LogP contribution in [0.5, 0.6) is 5.75 Å². The van der Waals surface area contributed by atoms with Crippen LogP contribution in [0.25, 0.3) is 11.3 Å². The van der Waals surface area contributed by atoms with Gasteiger partial charge in [0.15, 0.2) is 17.4 Å². The van der Waals surface area contributed by atoms with Crippen molar-refractivity contribution in [1.29, 1.82) is 0 Å². The second-order valence-electron chi connectivity index (χ2n) is 5.78. The summed E-state index contributed by atoms with van der Waals surface area (Å²) in [6.45, 7) is 0. The number of halogens is 5. The third kappa shape index (κ3) is 4.03. The van der Waals surface area contributed by atoms with Crippen molar-refractivity contribution in [1.82, 2.24) is 9.78 Å². The van der Waals surface area contributed by atoms with E-state index in [0.29, 0.717) is 15.2 Å². The standard InChI is InChI=1S/C18H13BrClF3N4O2/c1-27-16(10(19)7-24-27)11-12(21)15(13(22)14(23)17(11)29-2)26-18(28)25-9-5-3-8(20)4-6-9/h3-7H,1-2H3,(H2,25,26,28). The van der Waals surface area contributed by atoms with E-state index >= 15 is 4.39 Å².